The summed E-state index contributed by atoms with van der Waals surface area (Å²) in [6.07, 6.45) is 3.66. The second-order valence-corrected chi connectivity index (χ2v) is 4.59. The summed E-state index contributed by atoms with van der Waals surface area (Å²) in [5, 5.41) is 0. The van der Waals surface area contributed by atoms with Gasteiger partial charge >= 0.3 is 0 Å². The first-order valence-corrected chi connectivity index (χ1v) is 5.78. The maximum absolute atomic E-state index is 5.80. The number of hydrogen-bond acceptors (Lipinski definition) is 2. The fourth-order valence-electron chi connectivity index (χ4n) is 2.15. The van der Waals surface area contributed by atoms with E-state index in [4.69, 9.17) is 5.73 Å². The maximum atomic E-state index is 5.80. The molecule has 2 N–H and O–H groups in total. The molecule has 1 aliphatic heterocycles. The van der Waals surface area contributed by atoms with Crippen molar-refractivity contribution < 1.29 is 0 Å². The molecule has 1 heterocycles. The van der Waals surface area contributed by atoms with Crippen molar-refractivity contribution in [3.63, 3.8) is 0 Å². The minimum absolute atomic E-state index is 0.585. The molecule has 0 saturated carbocycles. The van der Waals surface area contributed by atoms with E-state index in [1.165, 1.54) is 25.0 Å². The molecule has 2 nitrogen and oxygen atoms in total. The van der Waals surface area contributed by atoms with E-state index in [0.29, 0.717) is 6.04 Å². The van der Waals surface area contributed by atoms with Crippen molar-refractivity contribution in [2.24, 2.45) is 11.7 Å². The van der Waals surface area contributed by atoms with Gasteiger partial charge in [-0.05, 0) is 31.7 Å². The monoisotopic (exact) mass is 196 g/mol. The summed E-state index contributed by atoms with van der Waals surface area (Å²) in [4.78, 5) is 2.51. The highest BCUT2D eigenvalue weighted by atomic mass is 15.2. The van der Waals surface area contributed by atoms with Crippen LogP contribution in [-0.4, -0.2) is 30.6 Å². The molecule has 0 aromatic heterocycles. The molecule has 0 aliphatic carbocycles. The lowest BCUT2D eigenvalue weighted by molar-refractivity contribution is 0.133. The van der Waals surface area contributed by atoms with Crippen LogP contribution in [0.5, 0.6) is 0 Å². The van der Waals surface area contributed by atoms with Crippen LogP contribution < -0.4 is 5.73 Å². The summed E-state index contributed by atoms with van der Waals surface area (Å²) in [6.45, 7) is 11.6. The molecule has 2 atom stereocenters. The number of hydrogen-bond donors (Lipinski definition) is 1. The Morgan fingerprint density at radius 2 is 2.29 bits per heavy atom. The predicted octanol–water partition coefficient (Wildman–Crippen LogP) is 2.01. The molecule has 0 spiro atoms. The van der Waals surface area contributed by atoms with Gasteiger partial charge in [-0.3, -0.25) is 4.90 Å². The molecular weight excluding hydrogens is 172 g/mol. The average Bonchev–Trinajstić information content (AvgIpc) is 2.20. The molecule has 1 aliphatic rings. The van der Waals surface area contributed by atoms with Gasteiger partial charge in [-0.15, -0.1) is 0 Å². The third-order valence-corrected chi connectivity index (χ3v) is 3.30. The van der Waals surface area contributed by atoms with Gasteiger partial charge in [0, 0.05) is 19.1 Å². The molecule has 2 unspecified atom stereocenters. The zero-order valence-electron chi connectivity index (χ0n) is 9.63. The Morgan fingerprint density at radius 1 is 1.57 bits per heavy atom. The van der Waals surface area contributed by atoms with Crippen molar-refractivity contribution in [3.8, 4) is 0 Å². The van der Waals surface area contributed by atoms with E-state index in [2.05, 4.69) is 25.3 Å². The Morgan fingerprint density at radius 3 is 2.86 bits per heavy atom. The van der Waals surface area contributed by atoms with Crippen LogP contribution in [0.4, 0.5) is 0 Å². The Bertz CT molecular complexity index is 189. The molecule has 14 heavy (non-hydrogen) atoms. The van der Waals surface area contributed by atoms with Crippen molar-refractivity contribution in [2.45, 2.75) is 39.2 Å². The fraction of sp³-hybridized carbons (Fsp3) is 0.833. The molecule has 1 saturated heterocycles. The first-order chi connectivity index (χ1) is 6.67. The first-order valence-electron chi connectivity index (χ1n) is 5.78. The van der Waals surface area contributed by atoms with E-state index in [1.54, 1.807) is 0 Å². The summed E-state index contributed by atoms with van der Waals surface area (Å²) in [7, 11) is 0. The Hall–Kier alpha value is -0.340. The normalized spacial score (nSPS) is 29.1. The van der Waals surface area contributed by atoms with Gasteiger partial charge < -0.3 is 5.73 Å². The molecule has 0 aromatic rings. The third kappa shape index (κ3) is 3.10. The van der Waals surface area contributed by atoms with Crippen molar-refractivity contribution in [2.75, 3.05) is 19.6 Å². The van der Waals surface area contributed by atoms with Crippen molar-refractivity contribution in [1.82, 2.24) is 4.90 Å². The summed E-state index contributed by atoms with van der Waals surface area (Å²) < 4.78 is 0. The van der Waals surface area contributed by atoms with Crippen LogP contribution in [0.1, 0.15) is 33.1 Å². The number of rotatable bonds is 4. The predicted molar refractivity (Wildman–Crippen MR) is 62.2 cm³/mol. The smallest absolute Gasteiger partial charge is 0.0224 e. The number of likely N-dealkylation sites (tertiary alicyclic amines) is 1. The summed E-state index contributed by atoms with van der Waals surface area (Å²) >= 11 is 0. The second-order valence-electron chi connectivity index (χ2n) is 4.59. The van der Waals surface area contributed by atoms with Gasteiger partial charge in [0.2, 0.25) is 0 Å². The largest absolute Gasteiger partial charge is 0.329 e. The summed E-state index contributed by atoms with van der Waals surface area (Å²) in [5.74, 6) is 0.842. The minimum Gasteiger partial charge on any atom is -0.329 e. The van der Waals surface area contributed by atoms with E-state index in [0.717, 1.165) is 25.4 Å². The molecule has 0 amide bonds. The molecule has 0 aromatic carbocycles. The quantitative estimate of drug-likeness (QED) is 0.697. The molecule has 0 radical (unpaired) electrons. The Labute approximate surface area is 88.2 Å². The topological polar surface area (TPSA) is 29.3 Å². The number of nitrogens with two attached hydrogens (primary N) is 1. The van der Waals surface area contributed by atoms with Gasteiger partial charge in [0.05, 0.1) is 0 Å². The average molecular weight is 196 g/mol. The lowest BCUT2D eigenvalue weighted by Crippen LogP contribution is -2.46. The SMILES string of the molecule is C=C(CC)CN1CCC(C)CC1CN. The summed E-state index contributed by atoms with van der Waals surface area (Å²) in [5.41, 5.74) is 7.13. The van der Waals surface area contributed by atoms with Crippen LogP contribution in [0, 0.1) is 5.92 Å². The van der Waals surface area contributed by atoms with Crippen LogP contribution >= 0.6 is 0 Å². The Kier molecular flexibility index (Phi) is 4.63. The van der Waals surface area contributed by atoms with Gasteiger partial charge in [0.1, 0.15) is 0 Å². The Balaban J connectivity index is 2.45. The van der Waals surface area contributed by atoms with E-state index < -0.39 is 0 Å². The van der Waals surface area contributed by atoms with E-state index >= 15 is 0 Å². The highest BCUT2D eigenvalue weighted by molar-refractivity contribution is 4.98. The van der Waals surface area contributed by atoms with Gasteiger partial charge in [0.15, 0.2) is 0 Å². The second kappa shape index (κ2) is 5.52. The van der Waals surface area contributed by atoms with Crippen molar-refractivity contribution in [1.29, 1.82) is 0 Å². The lowest BCUT2D eigenvalue weighted by atomic mass is 9.92. The van der Waals surface area contributed by atoms with Crippen molar-refractivity contribution in [3.05, 3.63) is 12.2 Å². The van der Waals surface area contributed by atoms with Crippen molar-refractivity contribution >= 4 is 0 Å². The highest BCUT2D eigenvalue weighted by Gasteiger charge is 2.24. The van der Waals surface area contributed by atoms with E-state index in [1.807, 2.05) is 0 Å². The lowest BCUT2D eigenvalue weighted by Gasteiger charge is -2.38. The number of nitrogens with zero attached hydrogens (tertiary/aromatic N) is 1. The molecule has 1 fully saturated rings. The number of piperidine rings is 1. The zero-order valence-corrected chi connectivity index (χ0v) is 9.63. The van der Waals surface area contributed by atoms with E-state index in [-0.39, 0.29) is 0 Å². The van der Waals surface area contributed by atoms with Gasteiger partial charge in [0.25, 0.3) is 0 Å². The van der Waals surface area contributed by atoms with Crippen LogP contribution in [0.3, 0.4) is 0 Å². The van der Waals surface area contributed by atoms with Gasteiger partial charge in [-0.1, -0.05) is 26.0 Å². The molecular formula is C12H24N2. The van der Waals surface area contributed by atoms with E-state index in [9.17, 15) is 0 Å². The van der Waals surface area contributed by atoms with Crippen LogP contribution in [0.25, 0.3) is 0 Å². The standard InChI is InChI=1S/C12H24N2/c1-4-10(2)9-14-6-5-11(3)7-12(14)8-13/h11-12H,2,4-9,13H2,1,3H3. The molecule has 2 heteroatoms. The van der Waals surface area contributed by atoms with Crippen LogP contribution in [0.2, 0.25) is 0 Å². The molecule has 0 bridgehead atoms. The maximum Gasteiger partial charge on any atom is 0.0224 e. The van der Waals surface area contributed by atoms with Crippen LogP contribution in [0.15, 0.2) is 12.2 Å². The van der Waals surface area contributed by atoms with Gasteiger partial charge in [-0.25, -0.2) is 0 Å². The zero-order chi connectivity index (χ0) is 10.6. The first kappa shape index (κ1) is 11.7. The minimum atomic E-state index is 0.585. The molecule has 1 rings (SSSR count). The van der Waals surface area contributed by atoms with Crippen LogP contribution in [-0.2, 0) is 0 Å². The fourth-order valence-corrected chi connectivity index (χ4v) is 2.15. The summed E-state index contributed by atoms with van der Waals surface area (Å²) in [6, 6.07) is 0.585. The highest BCUT2D eigenvalue weighted by Crippen LogP contribution is 2.22. The third-order valence-electron chi connectivity index (χ3n) is 3.30. The van der Waals surface area contributed by atoms with Gasteiger partial charge in [-0.2, -0.15) is 0 Å². The molecule has 82 valence electrons.